The first-order valence-electron chi connectivity index (χ1n) is 8.25. The lowest BCUT2D eigenvalue weighted by Crippen LogP contribution is -2.13. The van der Waals surface area contributed by atoms with Crippen LogP contribution in [0.5, 0.6) is 5.75 Å². The molecule has 0 atom stereocenters. The van der Waals surface area contributed by atoms with E-state index in [9.17, 15) is 14.3 Å². The number of nitrogens with two attached hydrogens (primary N) is 1. The van der Waals surface area contributed by atoms with E-state index in [-0.39, 0.29) is 17.0 Å². The minimum absolute atomic E-state index is 0.173. The maximum atomic E-state index is 14.8. The van der Waals surface area contributed by atoms with E-state index in [1.54, 1.807) is 42.7 Å². The summed E-state index contributed by atoms with van der Waals surface area (Å²) in [5, 5.41) is 14.1. The van der Waals surface area contributed by atoms with Crippen LogP contribution in [-0.2, 0) is 0 Å². The third-order valence-corrected chi connectivity index (χ3v) is 4.56. The molecule has 0 saturated heterocycles. The molecule has 0 aliphatic carbocycles. The van der Waals surface area contributed by atoms with Crippen LogP contribution in [0.15, 0.2) is 47.0 Å². The number of hydrogen-bond donors (Lipinski definition) is 2. The number of amides is 1. The number of aryl methyl sites for hydroxylation is 2. The number of primary amides is 1. The van der Waals surface area contributed by atoms with Crippen molar-refractivity contribution >= 4 is 16.8 Å². The number of halogens is 1. The third kappa shape index (κ3) is 2.47. The van der Waals surface area contributed by atoms with Gasteiger partial charge in [-0.15, -0.1) is 0 Å². The minimum atomic E-state index is -0.640. The van der Waals surface area contributed by atoms with Crippen LogP contribution in [0.25, 0.3) is 27.8 Å². The average Bonchev–Trinajstić information content (AvgIpc) is 3.12. The van der Waals surface area contributed by atoms with Crippen LogP contribution in [0.2, 0.25) is 0 Å². The van der Waals surface area contributed by atoms with Gasteiger partial charge in [0.05, 0.1) is 33.7 Å². The predicted molar refractivity (Wildman–Crippen MR) is 98.4 cm³/mol. The van der Waals surface area contributed by atoms with E-state index >= 15 is 0 Å². The number of carbonyl (C=O) groups excluding carboxylic acids is 1. The smallest absolute Gasteiger partial charge is 0.251 e. The minimum Gasteiger partial charge on any atom is -0.508 e. The van der Waals surface area contributed by atoms with E-state index in [4.69, 9.17) is 10.3 Å². The Hall–Kier alpha value is -3.61. The Bertz CT molecular complexity index is 1190. The number of rotatable bonds is 3. The van der Waals surface area contributed by atoms with E-state index in [1.165, 1.54) is 12.1 Å². The highest BCUT2D eigenvalue weighted by molar-refractivity contribution is 6.13. The zero-order chi connectivity index (χ0) is 19.3. The Morgan fingerprint density at radius 2 is 1.96 bits per heavy atom. The molecule has 2 aromatic carbocycles. The van der Waals surface area contributed by atoms with Gasteiger partial charge in [-0.05, 0) is 32.0 Å². The molecule has 7 heteroatoms. The van der Waals surface area contributed by atoms with Crippen molar-refractivity contribution in [3.63, 3.8) is 0 Å². The molecular weight excluding hydrogens is 349 g/mol. The zero-order valence-corrected chi connectivity index (χ0v) is 14.7. The van der Waals surface area contributed by atoms with Crippen molar-refractivity contribution in [2.45, 2.75) is 13.8 Å². The van der Waals surface area contributed by atoms with Crippen LogP contribution in [0.4, 0.5) is 4.39 Å². The van der Waals surface area contributed by atoms with Gasteiger partial charge in [-0.2, -0.15) is 0 Å². The van der Waals surface area contributed by atoms with E-state index in [2.05, 4.69) is 5.16 Å². The van der Waals surface area contributed by atoms with Crippen molar-refractivity contribution in [3.05, 3.63) is 65.3 Å². The Morgan fingerprint density at radius 1 is 1.22 bits per heavy atom. The maximum Gasteiger partial charge on any atom is 0.251 e. The first-order chi connectivity index (χ1) is 12.9. The predicted octanol–water partition coefficient (Wildman–Crippen LogP) is 3.85. The van der Waals surface area contributed by atoms with Gasteiger partial charge >= 0.3 is 0 Å². The lowest BCUT2D eigenvalue weighted by molar-refractivity contribution is 0.100. The van der Waals surface area contributed by atoms with Crippen molar-refractivity contribution in [1.82, 2.24) is 9.72 Å². The third-order valence-electron chi connectivity index (χ3n) is 4.56. The zero-order valence-electron chi connectivity index (χ0n) is 14.7. The summed E-state index contributed by atoms with van der Waals surface area (Å²) in [6.07, 6.45) is 0. The molecule has 0 spiro atoms. The maximum absolute atomic E-state index is 14.8. The number of phenolic OH excluding ortho intramolecular Hbond substituents is 1. The summed E-state index contributed by atoms with van der Waals surface area (Å²) in [6.45, 7) is 3.46. The summed E-state index contributed by atoms with van der Waals surface area (Å²) in [4.78, 5) is 12.4. The van der Waals surface area contributed by atoms with Crippen LogP contribution in [-0.4, -0.2) is 20.7 Å². The fourth-order valence-corrected chi connectivity index (χ4v) is 3.47. The molecule has 2 heterocycles. The molecule has 0 unspecified atom stereocenters. The number of nitrogens with zero attached hydrogens (tertiary/aromatic N) is 2. The van der Waals surface area contributed by atoms with Gasteiger partial charge in [0.1, 0.15) is 11.5 Å². The molecule has 27 heavy (non-hydrogen) atoms. The Kier molecular flexibility index (Phi) is 3.73. The highest BCUT2D eigenvalue weighted by atomic mass is 19.1. The molecule has 2 aromatic heterocycles. The number of benzene rings is 2. The fraction of sp³-hybridized carbons (Fsp3) is 0.100. The van der Waals surface area contributed by atoms with Crippen molar-refractivity contribution < 1.29 is 18.8 Å². The van der Waals surface area contributed by atoms with E-state index < -0.39 is 11.7 Å². The number of para-hydroxylation sites is 1. The summed E-state index contributed by atoms with van der Waals surface area (Å²) >= 11 is 0. The second kappa shape index (κ2) is 5.98. The lowest BCUT2D eigenvalue weighted by atomic mass is 10.0. The lowest BCUT2D eigenvalue weighted by Gasteiger charge is -2.13. The normalized spacial score (nSPS) is 11.2. The molecule has 4 rings (SSSR count). The topological polar surface area (TPSA) is 94.3 Å². The molecule has 0 bridgehead atoms. The van der Waals surface area contributed by atoms with Crippen molar-refractivity contribution in [2.24, 2.45) is 5.73 Å². The number of hydrogen-bond acceptors (Lipinski definition) is 4. The molecule has 3 N–H and O–H groups in total. The first-order valence-corrected chi connectivity index (χ1v) is 8.25. The molecule has 0 aliphatic heterocycles. The number of aromatic hydroxyl groups is 1. The van der Waals surface area contributed by atoms with Gasteiger partial charge in [0.25, 0.3) is 5.91 Å². The monoisotopic (exact) mass is 365 g/mol. The van der Waals surface area contributed by atoms with Crippen LogP contribution in [0, 0.1) is 19.7 Å². The van der Waals surface area contributed by atoms with Gasteiger partial charge in [-0.1, -0.05) is 23.4 Å². The molecule has 1 amide bonds. The van der Waals surface area contributed by atoms with Crippen LogP contribution in [0.3, 0.4) is 0 Å². The standard InChI is InChI=1S/C20H16FN3O3/c1-10-17(11(2)27-23-10)19-18(20(22)26)13-5-3-4-6-15(13)24(19)16-8-7-12(25)9-14(16)21/h3-9,25H,1-2H3,(H2,22,26). The number of aromatic nitrogens is 2. The second-order valence-electron chi connectivity index (χ2n) is 6.28. The number of phenols is 1. The van der Waals surface area contributed by atoms with Crippen LogP contribution in [0.1, 0.15) is 21.8 Å². The first kappa shape index (κ1) is 16.8. The quantitative estimate of drug-likeness (QED) is 0.577. The Labute approximate surface area is 153 Å². The van der Waals surface area contributed by atoms with Gasteiger partial charge < -0.3 is 19.9 Å². The van der Waals surface area contributed by atoms with Gasteiger partial charge in [-0.25, -0.2) is 4.39 Å². The molecule has 0 fully saturated rings. The van der Waals surface area contributed by atoms with Gasteiger partial charge in [-0.3, -0.25) is 4.79 Å². The van der Waals surface area contributed by atoms with Crippen LogP contribution < -0.4 is 5.73 Å². The fourth-order valence-electron chi connectivity index (χ4n) is 3.47. The summed E-state index contributed by atoms with van der Waals surface area (Å²) < 4.78 is 21.6. The Morgan fingerprint density at radius 3 is 2.59 bits per heavy atom. The summed E-state index contributed by atoms with van der Waals surface area (Å²) in [5.74, 6) is -0.987. The van der Waals surface area contributed by atoms with Crippen molar-refractivity contribution in [3.8, 4) is 22.7 Å². The van der Waals surface area contributed by atoms with E-state index in [0.29, 0.717) is 33.6 Å². The average molecular weight is 365 g/mol. The molecule has 4 aromatic rings. The highest BCUT2D eigenvalue weighted by Gasteiger charge is 2.28. The van der Waals surface area contributed by atoms with Crippen molar-refractivity contribution in [1.29, 1.82) is 0 Å². The Balaban J connectivity index is 2.24. The second-order valence-corrected chi connectivity index (χ2v) is 6.28. The summed E-state index contributed by atoms with van der Waals surface area (Å²) in [6, 6.07) is 11.0. The highest BCUT2D eigenvalue weighted by Crippen LogP contribution is 2.39. The largest absolute Gasteiger partial charge is 0.508 e. The van der Waals surface area contributed by atoms with Gasteiger partial charge in [0.2, 0.25) is 0 Å². The molecule has 0 aliphatic rings. The summed E-state index contributed by atoms with van der Waals surface area (Å²) in [7, 11) is 0. The van der Waals surface area contributed by atoms with E-state index in [0.717, 1.165) is 6.07 Å². The molecule has 0 radical (unpaired) electrons. The summed E-state index contributed by atoms with van der Waals surface area (Å²) in [5.41, 5.74) is 8.27. The number of carbonyl (C=O) groups is 1. The SMILES string of the molecule is Cc1noc(C)c1-c1c(C(N)=O)c2ccccc2n1-c1ccc(O)cc1F. The molecule has 0 saturated carbocycles. The van der Waals surface area contributed by atoms with Gasteiger partial charge in [0, 0.05) is 11.5 Å². The van der Waals surface area contributed by atoms with Crippen LogP contribution >= 0.6 is 0 Å². The van der Waals surface area contributed by atoms with Gasteiger partial charge in [0.15, 0.2) is 5.82 Å². The van der Waals surface area contributed by atoms with E-state index in [1.807, 2.05) is 0 Å². The van der Waals surface area contributed by atoms with Crippen molar-refractivity contribution in [2.75, 3.05) is 0 Å². The molecule has 136 valence electrons. The molecule has 6 nitrogen and oxygen atoms in total. The number of fused-ring (bicyclic) bond motifs is 1. The molecular formula is C20H16FN3O3.